The van der Waals surface area contributed by atoms with E-state index in [0.29, 0.717) is 11.1 Å². The summed E-state index contributed by atoms with van der Waals surface area (Å²) in [7, 11) is 4.03. The average Bonchev–Trinajstić information content (AvgIpc) is 2.94. The minimum Gasteiger partial charge on any atom is -0.378 e. The summed E-state index contributed by atoms with van der Waals surface area (Å²) in [6, 6.07) is 18.6. The summed E-state index contributed by atoms with van der Waals surface area (Å²) in [6.07, 6.45) is 1.86. The van der Waals surface area contributed by atoms with E-state index in [1.807, 2.05) is 34.0 Å². The summed E-state index contributed by atoms with van der Waals surface area (Å²) in [4.78, 5) is 2.06. The molecule has 3 aromatic rings. The second-order valence-corrected chi connectivity index (χ2v) is 6.75. The first-order valence-corrected chi connectivity index (χ1v) is 8.75. The molecule has 136 valence electrons. The first-order chi connectivity index (χ1) is 12.9. The SMILES string of the molecule is Cc1cc(C=C(C#N)c2ccc(F)cc2)c(C)n1-c1ccc(N(C)C)cc1. The van der Waals surface area contributed by atoms with Crippen LogP contribution in [0.1, 0.15) is 22.5 Å². The van der Waals surface area contributed by atoms with E-state index in [0.717, 1.165) is 28.3 Å². The molecule has 0 atom stereocenters. The van der Waals surface area contributed by atoms with Crippen molar-refractivity contribution in [2.45, 2.75) is 13.8 Å². The number of halogens is 1. The number of rotatable bonds is 4. The van der Waals surface area contributed by atoms with Crippen LogP contribution in [0, 0.1) is 31.0 Å². The number of nitriles is 1. The van der Waals surface area contributed by atoms with Gasteiger partial charge in [0.25, 0.3) is 0 Å². The molecule has 4 heteroatoms. The quantitative estimate of drug-likeness (QED) is 0.587. The standard InChI is InChI=1S/C23H22FN3/c1-16-13-19(14-20(15-25)18-5-7-21(24)8-6-18)17(2)27(16)23-11-9-22(10-12-23)26(3)4/h5-14H,1-4H3. The number of aromatic nitrogens is 1. The van der Waals surface area contributed by atoms with Gasteiger partial charge in [0.15, 0.2) is 0 Å². The lowest BCUT2D eigenvalue weighted by Crippen LogP contribution is -2.08. The van der Waals surface area contributed by atoms with E-state index in [9.17, 15) is 9.65 Å². The van der Waals surface area contributed by atoms with Gasteiger partial charge in [0, 0.05) is 36.9 Å². The van der Waals surface area contributed by atoms with Crippen LogP contribution in [0.15, 0.2) is 54.6 Å². The van der Waals surface area contributed by atoms with Gasteiger partial charge in [-0.2, -0.15) is 5.26 Å². The number of anilines is 1. The third kappa shape index (κ3) is 3.78. The first-order valence-electron chi connectivity index (χ1n) is 8.75. The Morgan fingerprint density at radius 1 is 1.04 bits per heavy atom. The van der Waals surface area contributed by atoms with Gasteiger partial charge in [0.1, 0.15) is 5.82 Å². The predicted octanol–water partition coefficient (Wildman–Crippen LogP) is 5.36. The lowest BCUT2D eigenvalue weighted by atomic mass is 10.0. The van der Waals surface area contributed by atoms with E-state index in [1.54, 1.807) is 12.1 Å². The summed E-state index contributed by atoms with van der Waals surface area (Å²) in [6.45, 7) is 4.09. The van der Waals surface area contributed by atoms with E-state index in [-0.39, 0.29) is 5.82 Å². The highest BCUT2D eigenvalue weighted by Crippen LogP contribution is 2.26. The van der Waals surface area contributed by atoms with Crippen LogP contribution >= 0.6 is 0 Å². The van der Waals surface area contributed by atoms with Gasteiger partial charge in [-0.15, -0.1) is 0 Å². The first kappa shape index (κ1) is 18.5. The number of hydrogen-bond acceptors (Lipinski definition) is 2. The Morgan fingerprint density at radius 3 is 2.22 bits per heavy atom. The Morgan fingerprint density at radius 2 is 1.67 bits per heavy atom. The molecule has 0 radical (unpaired) electrons. The molecule has 3 nitrogen and oxygen atoms in total. The van der Waals surface area contributed by atoms with E-state index >= 15 is 0 Å². The fourth-order valence-electron chi connectivity index (χ4n) is 3.20. The molecule has 3 rings (SSSR count). The zero-order valence-corrected chi connectivity index (χ0v) is 16.0. The average molecular weight is 359 g/mol. The number of aryl methyl sites for hydroxylation is 1. The van der Waals surface area contributed by atoms with Crippen LogP contribution in [0.25, 0.3) is 17.3 Å². The third-order valence-corrected chi connectivity index (χ3v) is 4.67. The van der Waals surface area contributed by atoms with Gasteiger partial charge in [-0.3, -0.25) is 0 Å². The van der Waals surface area contributed by atoms with Crippen molar-refractivity contribution in [3.63, 3.8) is 0 Å². The summed E-state index contributed by atoms with van der Waals surface area (Å²) < 4.78 is 15.3. The van der Waals surface area contributed by atoms with Crippen molar-refractivity contribution in [2.24, 2.45) is 0 Å². The van der Waals surface area contributed by atoms with E-state index in [4.69, 9.17) is 0 Å². The molecule has 0 aliphatic rings. The van der Waals surface area contributed by atoms with Gasteiger partial charge < -0.3 is 9.47 Å². The Labute approximate surface area is 159 Å². The Bertz CT molecular complexity index is 1020. The monoisotopic (exact) mass is 359 g/mol. The lowest BCUT2D eigenvalue weighted by Gasteiger charge is -2.15. The molecule has 1 heterocycles. The van der Waals surface area contributed by atoms with Gasteiger partial charge in [0.2, 0.25) is 0 Å². The largest absolute Gasteiger partial charge is 0.378 e. The molecule has 0 aliphatic heterocycles. The van der Waals surface area contributed by atoms with Gasteiger partial charge in [-0.25, -0.2) is 4.39 Å². The van der Waals surface area contributed by atoms with Crippen molar-refractivity contribution in [2.75, 3.05) is 19.0 Å². The van der Waals surface area contributed by atoms with Crippen LogP contribution in [0.3, 0.4) is 0 Å². The van der Waals surface area contributed by atoms with E-state index < -0.39 is 0 Å². The summed E-state index contributed by atoms with van der Waals surface area (Å²) >= 11 is 0. The summed E-state index contributed by atoms with van der Waals surface area (Å²) in [5.74, 6) is -0.310. The van der Waals surface area contributed by atoms with Gasteiger partial charge in [-0.1, -0.05) is 12.1 Å². The van der Waals surface area contributed by atoms with Crippen LogP contribution in [0.5, 0.6) is 0 Å². The minimum absolute atomic E-state index is 0.310. The molecule has 0 fully saturated rings. The molecule has 0 amide bonds. The van der Waals surface area contributed by atoms with Crippen LogP contribution < -0.4 is 4.90 Å². The highest BCUT2D eigenvalue weighted by atomic mass is 19.1. The third-order valence-electron chi connectivity index (χ3n) is 4.67. The molecule has 0 N–H and O–H groups in total. The normalized spacial score (nSPS) is 11.3. The smallest absolute Gasteiger partial charge is 0.123 e. The van der Waals surface area contributed by atoms with Gasteiger partial charge in [-0.05, 0) is 73.5 Å². The molecule has 0 unspecified atom stereocenters. The zero-order chi connectivity index (χ0) is 19.6. The van der Waals surface area contributed by atoms with Crippen molar-refractivity contribution in [1.29, 1.82) is 5.26 Å². The molecule has 0 saturated carbocycles. The van der Waals surface area contributed by atoms with Crippen molar-refractivity contribution < 1.29 is 4.39 Å². The molecule has 27 heavy (non-hydrogen) atoms. The summed E-state index contributed by atoms with van der Waals surface area (Å²) in [5.41, 5.74) is 6.56. The second-order valence-electron chi connectivity index (χ2n) is 6.75. The highest BCUT2D eigenvalue weighted by molar-refractivity contribution is 5.90. The Balaban J connectivity index is 2.02. The van der Waals surface area contributed by atoms with Gasteiger partial charge in [0.05, 0.1) is 11.6 Å². The zero-order valence-electron chi connectivity index (χ0n) is 16.0. The van der Waals surface area contributed by atoms with Crippen molar-refractivity contribution >= 4 is 17.3 Å². The molecule has 0 saturated heterocycles. The maximum Gasteiger partial charge on any atom is 0.123 e. The number of nitrogens with zero attached hydrogens (tertiary/aromatic N) is 3. The number of benzene rings is 2. The Kier molecular flexibility index (Phi) is 5.14. The fraction of sp³-hybridized carbons (Fsp3) is 0.174. The molecular formula is C23H22FN3. The minimum atomic E-state index is -0.310. The van der Waals surface area contributed by atoms with E-state index in [1.165, 1.54) is 12.1 Å². The molecule has 0 aliphatic carbocycles. The summed E-state index contributed by atoms with van der Waals surface area (Å²) in [5, 5.41) is 9.55. The van der Waals surface area contributed by atoms with Gasteiger partial charge >= 0.3 is 0 Å². The maximum atomic E-state index is 13.2. The fourth-order valence-corrected chi connectivity index (χ4v) is 3.20. The topological polar surface area (TPSA) is 32.0 Å². The van der Waals surface area contributed by atoms with Crippen LogP contribution in [0.2, 0.25) is 0 Å². The molecular weight excluding hydrogens is 337 g/mol. The molecule has 0 bridgehead atoms. The molecule has 1 aromatic heterocycles. The van der Waals surface area contributed by atoms with Crippen molar-refractivity contribution in [3.8, 4) is 11.8 Å². The van der Waals surface area contributed by atoms with Crippen LogP contribution in [-0.2, 0) is 0 Å². The number of allylic oxidation sites excluding steroid dienone is 1. The highest BCUT2D eigenvalue weighted by Gasteiger charge is 2.11. The Hall–Kier alpha value is -3.32. The molecule has 0 spiro atoms. The van der Waals surface area contributed by atoms with E-state index in [2.05, 4.69) is 45.9 Å². The molecule has 2 aromatic carbocycles. The van der Waals surface area contributed by atoms with Crippen LogP contribution in [-0.4, -0.2) is 18.7 Å². The lowest BCUT2D eigenvalue weighted by molar-refractivity contribution is 0.627. The van der Waals surface area contributed by atoms with Crippen LogP contribution in [0.4, 0.5) is 10.1 Å². The predicted molar refractivity (Wildman–Crippen MR) is 109 cm³/mol. The maximum absolute atomic E-state index is 13.2. The van der Waals surface area contributed by atoms with Crippen molar-refractivity contribution in [1.82, 2.24) is 4.57 Å². The number of hydrogen-bond donors (Lipinski definition) is 0. The second kappa shape index (κ2) is 7.51. The van der Waals surface area contributed by atoms with Crippen molar-refractivity contribution in [3.05, 3.63) is 82.9 Å².